The first-order valence-electron chi connectivity index (χ1n) is 8.17. The molecule has 12 heteroatoms. The van der Waals surface area contributed by atoms with Crippen molar-refractivity contribution in [3.05, 3.63) is 41.5 Å². The Kier molecular flexibility index (Phi) is 7.89. The third-order valence-electron chi connectivity index (χ3n) is 3.71. The second-order valence-corrected chi connectivity index (χ2v) is 9.72. The third kappa shape index (κ3) is 5.61. The number of benzene rings is 1. The molecule has 0 spiro atoms. The highest BCUT2D eigenvalue weighted by Gasteiger charge is 2.22. The minimum absolute atomic E-state index is 0.0999. The first kappa shape index (κ1) is 23.4. The van der Waals surface area contributed by atoms with Gasteiger partial charge in [-0.05, 0) is 24.6 Å². The molecule has 0 fully saturated rings. The summed E-state index contributed by atoms with van der Waals surface area (Å²) in [7, 11) is 0.540. The second kappa shape index (κ2) is 9.77. The van der Waals surface area contributed by atoms with Crippen molar-refractivity contribution in [1.29, 1.82) is 5.26 Å². The fourth-order valence-electron chi connectivity index (χ4n) is 2.51. The average molecular weight is 554 g/mol. The summed E-state index contributed by atoms with van der Waals surface area (Å²) >= 11 is 1.93. The van der Waals surface area contributed by atoms with Crippen LogP contribution in [0.1, 0.15) is 16.9 Å². The SMILES string of the molecule is CN(C)/C=C(\C#N)C(=O)c1cc2cc(F)c(NS(=O)(=O)CCCF)cc2n1SI. The summed E-state index contributed by atoms with van der Waals surface area (Å²) in [5, 5.41) is 9.65. The number of sulfonamides is 1. The van der Waals surface area contributed by atoms with Crippen molar-refractivity contribution >= 4 is 62.7 Å². The molecular formula is C17H17F2IN4O3S2. The van der Waals surface area contributed by atoms with Crippen molar-refractivity contribution in [2.24, 2.45) is 0 Å². The number of aromatic nitrogens is 1. The van der Waals surface area contributed by atoms with Gasteiger partial charge in [-0.1, -0.05) is 0 Å². The van der Waals surface area contributed by atoms with Gasteiger partial charge in [-0.2, -0.15) is 5.26 Å². The van der Waals surface area contributed by atoms with E-state index in [0.29, 0.717) is 10.9 Å². The molecule has 1 aromatic carbocycles. The first-order valence-corrected chi connectivity index (χ1v) is 13.1. The van der Waals surface area contributed by atoms with Crippen LogP contribution < -0.4 is 4.72 Å². The summed E-state index contributed by atoms with van der Waals surface area (Å²) in [6, 6.07) is 5.66. The van der Waals surface area contributed by atoms with Crippen LogP contribution in [-0.2, 0) is 10.0 Å². The van der Waals surface area contributed by atoms with Crippen LogP contribution in [0.2, 0.25) is 0 Å². The van der Waals surface area contributed by atoms with Gasteiger partial charge in [0, 0.05) is 56.0 Å². The first-order chi connectivity index (χ1) is 13.6. The number of alkyl halides is 1. The molecule has 0 aliphatic heterocycles. The molecule has 0 aliphatic rings. The molecule has 0 bridgehead atoms. The van der Waals surface area contributed by atoms with E-state index >= 15 is 0 Å². The van der Waals surface area contributed by atoms with E-state index in [0.717, 1.165) is 15.2 Å². The Morgan fingerprint density at radius 3 is 2.66 bits per heavy atom. The van der Waals surface area contributed by atoms with Gasteiger partial charge in [0.05, 0.1) is 23.6 Å². The smallest absolute Gasteiger partial charge is 0.232 e. The van der Waals surface area contributed by atoms with Crippen molar-refractivity contribution in [2.75, 3.05) is 31.2 Å². The number of hydrogen-bond donors (Lipinski definition) is 1. The summed E-state index contributed by atoms with van der Waals surface area (Å²) in [6.45, 7) is -0.802. The summed E-state index contributed by atoms with van der Waals surface area (Å²) in [6.07, 6.45) is 1.18. The molecule has 0 aliphatic carbocycles. The number of ketones is 1. The van der Waals surface area contributed by atoms with Gasteiger partial charge in [-0.3, -0.25) is 17.9 Å². The molecule has 0 atom stereocenters. The molecule has 29 heavy (non-hydrogen) atoms. The van der Waals surface area contributed by atoms with E-state index in [4.69, 9.17) is 0 Å². The van der Waals surface area contributed by atoms with Gasteiger partial charge in [0.1, 0.15) is 23.2 Å². The summed E-state index contributed by atoms with van der Waals surface area (Å²) in [5.74, 6) is -1.86. The molecule has 0 saturated carbocycles. The Morgan fingerprint density at radius 2 is 2.10 bits per heavy atom. The lowest BCUT2D eigenvalue weighted by Gasteiger charge is -2.10. The monoisotopic (exact) mass is 554 g/mol. The zero-order chi connectivity index (χ0) is 21.8. The number of carbonyl (C=O) groups is 1. The zero-order valence-corrected chi connectivity index (χ0v) is 19.2. The van der Waals surface area contributed by atoms with Gasteiger partial charge < -0.3 is 4.90 Å². The summed E-state index contributed by atoms with van der Waals surface area (Å²) in [4.78, 5) is 14.3. The van der Waals surface area contributed by atoms with Crippen LogP contribution in [0.4, 0.5) is 14.5 Å². The molecule has 0 radical (unpaired) electrons. The number of Topliss-reactive ketones (excluding diaryl/α,β-unsaturated/α-hetero) is 1. The van der Waals surface area contributed by atoms with Gasteiger partial charge in [-0.15, -0.1) is 0 Å². The summed E-state index contributed by atoms with van der Waals surface area (Å²) < 4.78 is 54.3. The zero-order valence-electron chi connectivity index (χ0n) is 15.4. The van der Waals surface area contributed by atoms with Gasteiger partial charge in [0.2, 0.25) is 15.8 Å². The summed E-state index contributed by atoms with van der Waals surface area (Å²) in [5.41, 5.74) is 0.131. The fourth-order valence-corrected chi connectivity index (χ4v) is 5.31. The highest BCUT2D eigenvalue weighted by atomic mass is 127. The van der Waals surface area contributed by atoms with Crippen LogP contribution in [0.3, 0.4) is 0 Å². The number of nitriles is 1. The van der Waals surface area contributed by atoms with Crippen LogP contribution in [0.25, 0.3) is 10.9 Å². The van der Waals surface area contributed by atoms with Crippen molar-refractivity contribution in [3.8, 4) is 6.07 Å². The van der Waals surface area contributed by atoms with E-state index in [2.05, 4.69) is 4.72 Å². The maximum atomic E-state index is 14.4. The lowest BCUT2D eigenvalue weighted by Crippen LogP contribution is -2.18. The lowest BCUT2D eigenvalue weighted by molar-refractivity contribution is 0.103. The number of hydrogen-bond acceptors (Lipinski definition) is 6. The topological polar surface area (TPSA) is 95.2 Å². The molecule has 0 amide bonds. The Bertz CT molecular complexity index is 1110. The number of nitrogens with one attached hydrogen (secondary N) is 1. The standard InChI is InChI=1S/C17H17F2IN4O3S2/c1-23(2)10-12(9-21)17(25)16-7-11-6-13(19)14(8-15(11)24(16)28-20)22-29(26,27)5-3-4-18/h6-8,10,22H,3-5H2,1-2H3/b12-10+. The van der Waals surface area contributed by atoms with E-state index in [9.17, 15) is 27.3 Å². The molecule has 0 unspecified atom stereocenters. The quantitative estimate of drug-likeness (QED) is 0.219. The number of carbonyl (C=O) groups excluding carboxylic acids is 1. The fraction of sp³-hybridized carbons (Fsp3) is 0.294. The Labute approximate surface area is 183 Å². The molecule has 2 rings (SSSR count). The number of rotatable bonds is 9. The Hall–Kier alpha value is -1.85. The number of anilines is 1. The van der Waals surface area contributed by atoms with E-state index in [1.165, 1.54) is 22.3 Å². The largest absolute Gasteiger partial charge is 0.382 e. The van der Waals surface area contributed by atoms with E-state index < -0.39 is 34.1 Å². The van der Waals surface area contributed by atoms with Crippen LogP contribution in [0.15, 0.2) is 30.0 Å². The molecule has 1 N–H and O–H groups in total. The van der Waals surface area contributed by atoms with Crippen LogP contribution in [0, 0.1) is 17.1 Å². The maximum Gasteiger partial charge on any atom is 0.232 e. The van der Waals surface area contributed by atoms with Crippen molar-refractivity contribution in [3.63, 3.8) is 0 Å². The van der Waals surface area contributed by atoms with Crippen LogP contribution in [-0.4, -0.2) is 49.6 Å². The predicted molar refractivity (Wildman–Crippen MR) is 119 cm³/mol. The molecule has 7 nitrogen and oxygen atoms in total. The predicted octanol–water partition coefficient (Wildman–Crippen LogP) is 3.88. The number of nitrogens with zero attached hydrogens (tertiary/aromatic N) is 3. The van der Waals surface area contributed by atoms with E-state index in [-0.39, 0.29) is 23.4 Å². The number of fused-ring (bicyclic) bond motifs is 1. The van der Waals surface area contributed by atoms with Gasteiger partial charge in [0.15, 0.2) is 0 Å². The van der Waals surface area contributed by atoms with E-state index in [1.807, 2.05) is 27.3 Å². The molecule has 1 aromatic heterocycles. The lowest BCUT2D eigenvalue weighted by atomic mass is 10.1. The highest BCUT2D eigenvalue weighted by Crippen LogP contribution is 2.33. The third-order valence-corrected chi connectivity index (χ3v) is 6.78. The minimum atomic E-state index is -3.92. The van der Waals surface area contributed by atoms with E-state index in [1.54, 1.807) is 19.0 Å². The maximum absolute atomic E-state index is 14.4. The minimum Gasteiger partial charge on any atom is -0.382 e. The normalized spacial score (nSPS) is 12.1. The van der Waals surface area contributed by atoms with Gasteiger partial charge >= 0.3 is 0 Å². The van der Waals surface area contributed by atoms with Crippen molar-refractivity contribution < 1.29 is 22.0 Å². The molecule has 156 valence electrons. The van der Waals surface area contributed by atoms with Gasteiger partial charge in [-0.25, -0.2) is 12.8 Å². The molecule has 2 aromatic rings. The molecular weight excluding hydrogens is 537 g/mol. The van der Waals surface area contributed by atoms with Crippen molar-refractivity contribution in [1.82, 2.24) is 8.87 Å². The van der Waals surface area contributed by atoms with Crippen molar-refractivity contribution in [2.45, 2.75) is 6.42 Å². The molecule has 1 heterocycles. The van der Waals surface area contributed by atoms with Gasteiger partial charge in [0.25, 0.3) is 0 Å². The Balaban J connectivity index is 2.56. The van der Waals surface area contributed by atoms with Crippen LogP contribution in [0.5, 0.6) is 0 Å². The Morgan fingerprint density at radius 1 is 1.41 bits per heavy atom. The number of halogens is 3. The molecule has 0 saturated heterocycles. The van der Waals surface area contributed by atoms with Crippen LogP contribution >= 0.6 is 30.3 Å². The average Bonchev–Trinajstić information content (AvgIpc) is 3.01. The second-order valence-electron chi connectivity index (χ2n) is 6.19. The number of allylic oxidation sites excluding steroid dienone is 1. The highest BCUT2D eigenvalue weighted by molar-refractivity contribution is 14.2.